The first kappa shape index (κ1) is 9.27. The van der Waals surface area contributed by atoms with Crippen molar-refractivity contribution in [2.24, 2.45) is 0 Å². The summed E-state index contributed by atoms with van der Waals surface area (Å²) in [5, 5.41) is 0. The third kappa shape index (κ3) is 2.71. The van der Waals surface area contributed by atoms with Crippen LogP contribution in [0.3, 0.4) is 0 Å². The second kappa shape index (κ2) is 2.90. The lowest BCUT2D eigenvalue weighted by molar-refractivity contribution is -0.132. The highest BCUT2D eigenvalue weighted by atomic mass is 19.1. The van der Waals surface area contributed by atoms with Crippen molar-refractivity contribution in [3.05, 3.63) is 0 Å². The largest absolute Gasteiger partial charge is 0.300 e. The van der Waals surface area contributed by atoms with Crippen molar-refractivity contribution in [2.75, 3.05) is 0 Å². The molecule has 0 fully saturated rings. The van der Waals surface area contributed by atoms with Gasteiger partial charge >= 0.3 is 0 Å². The van der Waals surface area contributed by atoms with Crippen molar-refractivity contribution in [3.63, 3.8) is 0 Å². The van der Waals surface area contributed by atoms with Crippen molar-refractivity contribution >= 4 is 11.6 Å². The third-order valence-electron chi connectivity index (χ3n) is 1.32. The fourth-order valence-corrected chi connectivity index (χ4v) is 0.592. The maximum absolute atomic E-state index is 12.9. The van der Waals surface area contributed by atoms with E-state index in [0.717, 1.165) is 13.8 Å². The van der Waals surface area contributed by atoms with E-state index in [-0.39, 0.29) is 12.2 Å². The lowest BCUT2D eigenvalue weighted by Gasteiger charge is -2.13. The van der Waals surface area contributed by atoms with Gasteiger partial charge in [-0.05, 0) is 20.8 Å². The molecule has 0 aromatic rings. The Morgan fingerprint density at radius 2 is 1.80 bits per heavy atom. The second-order valence-electron chi connectivity index (χ2n) is 2.63. The zero-order valence-electron chi connectivity index (χ0n) is 6.40. The quantitative estimate of drug-likeness (QED) is 0.601. The Morgan fingerprint density at radius 3 is 1.90 bits per heavy atom. The molecule has 10 heavy (non-hydrogen) atoms. The molecule has 0 aromatic carbocycles. The Hall–Kier alpha value is -0.730. The molecule has 0 aliphatic carbocycles. The molecule has 0 saturated carbocycles. The highest BCUT2D eigenvalue weighted by molar-refractivity contribution is 5.90. The fraction of sp³-hybridized carbons (Fsp3) is 0.714. The first-order valence-corrected chi connectivity index (χ1v) is 3.05. The van der Waals surface area contributed by atoms with Crippen LogP contribution < -0.4 is 0 Å². The molecule has 0 radical (unpaired) electrons. The average molecular weight is 146 g/mol. The molecule has 0 N–H and O–H groups in total. The van der Waals surface area contributed by atoms with Gasteiger partial charge in [0.05, 0.1) is 0 Å². The number of carbonyl (C=O) groups is 2. The van der Waals surface area contributed by atoms with Crippen LogP contribution in [0, 0.1) is 0 Å². The Bertz CT molecular complexity index is 161. The smallest absolute Gasteiger partial charge is 0.172 e. The van der Waals surface area contributed by atoms with Crippen molar-refractivity contribution in [3.8, 4) is 0 Å². The van der Waals surface area contributed by atoms with Crippen LogP contribution in [0.15, 0.2) is 0 Å². The van der Waals surface area contributed by atoms with Gasteiger partial charge < -0.3 is 0 Å². The maximum atomic E-state index is 12.9. The Morgan fingerprint density at radius 1 is 1.40 bits per heavy atom. The number of carbonyl (C=O) groups excluding carboxylic acids is 2. The molecule has 0 rings (SSSR count). The molecular formula is C7H11FO2. The topological polar surface area (TPSA) is 34.1 Å². The standard InChI is InChI=1S/C7H11FO2/c1-5(9)4-7(3,8)6(2)10/h4H2,1-3H3. The van der Waals surface area contributed by atoms with Gasteiger partial charge in [-0.2, -0.15) is 0 Å². The molecule has 0 bridgehead atoms. The summed E-state index contributed by atoms with van der Waals surface area (Å²) in [5.74, 6) is -0.900. The van der Waals surface area contributed by atoms with Crippen LogP contribution in [0.5, 0.6) is 0 Å². The van der Waals surface area contributed by atoms with Gasteiger partial charge in [-0.3, -0.25) is 9.59 Å². The molecule has 0 aromatic heterocycles. The minimum atomic E-state index is -1.97. The van der Waals surface area contributed by atoms with Gasteiger partial charge in [0.15, 0.2) is 11.5 Å². The van der Waals surface area contributed by atoms with Gasteiger partial charge in [0, 0.05) is 6.42 Å². The van der Waals surface area contributed by atoms with Crippen molar-refractivity contribution in [1.29, 1.82) is 0 Å². The summed E-state index contributed by atoms with van der Waals surface area (Å²) in [6.07, 6.45) is -0.317. The lowest BCUT2D eigenvalue weighted by atomic mass is 9.98. The molecule has 0 heterocycles. The summed E-state index contributed by atoms with van der Waals surface area (Å²) in [5.41, 5.74) is -1.97. The zero-order chi connectivity index (χ0) is 8.36. The first-order valence-electron chi connectivity index (χ1n) is 3.05. The van der Waals surface area contributed by atoms with Crippen LogP contribution in [0.25, 0.3) is 0 Å². The zero-order valence-corrected chi connectivity index (χ0v) is 6.40. The van der Waals surface area contributed by atoms with Crippen LogP contribution in [-0.2, 0) is 9.59 Å². The van der Waals surface area contributed by atoms with E-state index in [4.69, 9.17) is 0 Å². The number of Topliss-reactive ketones (excluding diaryl/α,β-unsaturated/α-hetero) is 2. The molecule has 3 heteroatoms. The number of hydrogen-bond donors (Lipinski definition) is 0. The van der Waals surface area contributed by atoms with Crippen LogP contribution in [0.2, 0.25) is 0 Å². The molecule has 2 nitrogen and oxygen atoms in total. The summed E-state index contributed by atoms with van der Waals surface area (Å²) < 4.78 is 12.9. The van der Waals surface area contributed by atoms with E-state index >= 15 is 0 Å². The average Bonchev–Trinajstić information content (AvgIpc) is 1.60. The highest BCUT2D eigenvalue weighted by Crippen LogP contribution is 2.16. The van der Waals surface area contributed by atoms with E-state index in [2.05, 4.69) is 0 Å². The Labute approximate surface area is 59.4 Å². The molecule has 58 valence electrons. The second-order valence-corrected chi connectivity index (χ2v) is 2.63. The van der Waals surface area contributed by atoms with Gasteiger partial charge in [0.25, 0.3) is 0 Å². The van der Waals surface area contributed by atoms with Gasteiger partial charge in [0.1, 0.15) is 5.78 Å². The monoisotopic (exact) mass is 146 g/mol. The minimum absolute atomic E-state index is 0.305. The van der Waals surface area contributed by atoms with Gasteiger partial charge in [0.2, 0.25) is 0 Å². The molecule has 0 amide bonds. The predicted octanol–water partition coefficient (Wildman–Crippen LogP) is 1.28. The van der Waals surface area contributed by atoms with E-state index in [0.29, 0.717) is 0 Å². The molecular weight excluding hydrogens is 135 g/mol. The summed E-state index contributed by atoms with van der Waals surface area (Å²) in [6.45, 7) is 3.53. The summed E-state index contributed by atoms with van der Waals surface area (Å²) >= 11 is 0. The Balaban J connectivity index is 4.13. The van der Waals surface area contributed by atoms with Crippen molar-refractivity contribution < 1.29 is 14.0 Å². The van der Waals surface area contributed by atoms with Gasteiger partial charge in [-0.1, -0.05) is 0 Å². The van der Waals surface area contributed by atoms with E-state index in [9.17, 15) is 14.0 Å². The Kier molecular flexibility index (Phi) is 2.69. The van der Waals surface area contributed by atoms with E-state index in [1.807, 2.05) is 0 Å². The van der Waals surface area contributed by atoms with Crippen LogP contribution in [0.4, 0.5) is 4.39 Å². The number of alkyl halides is 1. The molecule has 1 atom stereocenters. The first-order chi connectivity index (χ1) is 4.36. The van der Waals surface area contributed by atoms with Crippen LogP contribution in [0.1, 0.15) is 27.2 Å². The van der Waals surface area contributed by atoms with E-state index in [1.165, 1.54) is 6.92 Å². The van der Waals surface area contributed by atoms with Crippen LogP contribution in [-0.4, -0.2) is 17.2 Å². The fourth-order valence-electron chi connectivity index (χ4n) is 0.592. The number of hydrogen-bond acceptors (Lipinski definition) is 2. The van der Waals surface area contributed by atoms with Gasteiger partial charge in [-0.15, -0.1) is 0 Å². The minimum Gasteiger partial charge on any atom is -0.300 e. The van der Waals surface area contributed by atoms with Crippen molar-refractivity contribution in [1.82, 2.24) is 0 Å². The molecule has 0 saturated heterocycles. The van der Waals surface area contributed by atoms with Gasteiger partial charge in [-0.25, -0.2) is 4.39 Å². The summed E-state index contributed by atoms with van der Waals surface area (Å²) in [6, 6.07) is 0. The van der Waals surface area contributed by atoms with E-state index < -0.39 is 11.5 Å². The number of halogens is 1. The third-order valence-corrected chi connectivity index (χ3v) is 1.32. The normalized spacial score (nSPS) is 16.0. The summed E-state index contributed by atoms with van der Waals surface area (Å²) in [4.78, 5) is 20.8. The maximum Gasteiger partial charge on any atom is 0.172 e. The predicted molar refractivity (Wildman–Crippen MR) is 35.5 cm³/mol. The summed E-state index contributed by atoms with van der Waals surface area (Å²) in [7, 11) is 0. The van der Waals surface area contributed by atoms with E-state index in [1.54, 1.807) is 0 Å². The molecule has 1 unspecified atom stereocenters. The molecule has 0 aliphatic rings. The molecule has 0 aliphatic heterocycles. The SMILES string of the molecule is CC(=O)CC(C)(F)C(C)=O. The molecule has 0 spiro atoms. The van der Waals surface area contributed by atoms with Crippen LogP contribution >= 0.6 is 0 Å². The number of ketones is 2. The highest BCUT2D eigenvalue weighted by Gasteiger charge is 2.30. The lowest BCUT2D eigenvalue weighted by Crippen LogP contribution is -2.29. The van der Waals surface area contributed by atoms with Crippen molar-refractivity contribution in [2.45, 2.75) is 32.9 Å². The number of rotatable bonds is 3.